The van der Waals surface area contributed by atoms with Crippen LogP contribution in [0, 0.1) is 5.92 Å². The topological polar surface area (TPSA) is 132 Å². The van der Waals surface area contributed by atoms with Gasteiger partial charge in [0.1, 0.15) is 11.7 Å². The monoisotopic (exact) mass is 352 g/mol. The van der Waals surface area contributed by atoms with Gasteiger partial charge in [-0.25, -0.2) is 4.79 Å². The summed E-state index contributed by atoms with van der Waals surface area (Å²) in [6, 6.07) is 2.86. The van der Waals surface area contributed by atoms with Gasteiger partial charge in [0.15, 0.2) is 0 Å². The number of aliphatic carboxylic acids is 1. The minimum Gasteiger partial charge on any atom is -0.480 e. The molecule has 0 aromatic carbocycles. The van der Waals surface area contributed by atoms with Gasteiger partial charge < -0.3 is 19.9 Å². The summed E-state index contributed by atoms with van der Waals surface area (Å²) in [4.78, 5) is 51.3. The van der Waals surface area contributed by atoms with Gasteiger partial charge in [0.05, 0.1) is 25.6 Å². The number of carbonyl (C=O) groups is 4. The van der Waals surface area contributed by atoms with Crippen LogP contribution in [0.2, 0.25) is 0 Å². The normalized spacial score (nSPS) is 12.6. The molecule has 2 N–H and O–H groups in total. The zero-order valence-electron chi connectivity index (χ0n) is 13.9. The van der Waals surface area contributed by atoms with Gasteiger partial charge in [0, 0.05) is 6.20 Å². The Labute approximate surface area is 144 Å². The fourth-order valence-electron chi connectivity index (χ4n) is 2.03. The highest BCUT2D eigenvalue weighted by Gasteiger charge is 2.38. The molecule has 0 aliphatic carbocycles. The van der Waals surface area contributed by atoms with Gasteiger partial charge in [0.2, 0.25) is 0 Å². The van der Waals surface area contributed by atoms with E-state index in [1.54, 1.807) is 26.0 Å². The van der Waals surface area contributed by atoms with Gasteiger partial charge in [0.25, 0.3) is 5.91 Å². The molecule has 9 nitrogen and oxygen atoms in total. The van der Waals surface area contributed by atoms with Crippen molar-refractivity contribution in [3.63, 3.8) is 0 Å². The first-order valence-electron chi connectivity index (χ1n) is 7.67. The van der Waals surface area contributed by atoms with Gasteiger partial charge >= 0.3 is 17.9 Å². The smallest absolute Gasteiger partial charge is 0.327 e. The maximum atomic E-state index is 12.2. The molecule has 0 aliphatic heterocycles. The lowest BCUT2D eigenvalue weighted by Gasteiger charge is -2.22. The largest absolute Gasteiger partial charge is 0.480 e. The second-order valence-corrected chi connectivity index (χ2v) is 4.87. The fraction of sp³-hybridized carbons (Fsp3) is 0.438. The van der Waals surface area contributed by atoms with E-state index < -0.39 is 42.2 Å². The molecular formula is C16H20N2O7. The van der Waals surface area contributed by atoms with Crippen molar-refractivity contribution >= 4 is 23.8 Å². The Morgan fingerprint density at radius 2 is 1.84 bits per heavy atom. The van der Waals surface area contributed by atoms with Crippen LogP contribution >= 0.6 is 0 Å². The Morgan fingerprint density at radius 1 is 1.16 bits per heavy atom. The first-order valence-corrected chi connectivity index (χ1v) is 7.67. The van der Waals surface area contributed by atoms with Crippen molar-refractivity contribution in [1.29, 1.82) is 0 Å². The van der Waals surface area contributed by atoms with Crippen molar-refractivity contribution in [3.05, 3.63) is 30.1 Å². The van der Waals surface area contributed by atoms with E-state index >= 15 is 0 Å². The molecule has 2 atom stereocenters. The molecule has 1 aromatic heterocycles. The Balaban J connectivity index is 3.01. The average molecular weight is 352 g/mol. The molecule has 1 rings (SSSR count). The minimum absolute atomic E-state index is 0.00130. The zero-order chi connectivity index (χ0) is 18.8. The Morgan fingerprint density at radius 3 is 2.36 bits per heavy atom. The molecule has 0 saturated carbocycles. The standard InChI is InChI=1S/C16H20N2O7/c1-3-24-12(19)9-10(16(23)25-4-2)13(15(21)22)18-14(20)11-7-5-6-8-17-11/h5-8,10,13H,3-4,9H2,1-2H3,(H,18,20)(H,21,22)/t10-,13+/m0/s1. The van der Waals surface area contributed by atoms with Gasteiger partial charge in [-0.05, 0) is 26.0 Å². The van der Waals surface area contributed by atoms with Crippen LogP contribution in [0.5, 0.6) is 0 Å². The van der Waals surface area contributed by atoms with E-state index in [1.807, 2.05) is 0 Å². The second kappa shape index (κ2) is 10.0. The minimum atomic E-state index is -1.67. The molecule has 1 amide bonds. The number of amides is 1. The highest BCUT2D eigenvalue weighted by atomic mass is 16.5. The SMILES string of the molecule is CCOC(=O)C[C@H](C(=O)OCC)[C@@H](NC(=O)c1ccccn1)C(=O)O. The van der Waals surface area contributed by atoms with E-state index in [2.05, 4.69) is 10.3 Å². The number of carboxylic acids is 1. The third kappa shape index (κ3) is 6.21. The molecular weight excluding hydrogens is 332 g/mol. The Hall–Kier alpha value is -2.97. The molecule has 9 heteroatoms. The van der Waals surface area contributed by atoms with Crippen LogP contribution in [0.1, 0.15) is 30.8 Å². The lowest BCUT2D eigenvalue weighted by Crippen LogP contribution is -2.50. The summed E-state index contributed by atoms with van der Waals surface area (Å²) in [5.74, 6) is -5.37. The molecule has 25 heavy (non-hydrogen) atoms. The van der Waals surface area contributed by atoms with Crippen LogP contribution in [-0.4, -0.2) is 53.2 Å². The Bertz CT molecular complexity index is 618. The number of carbonyl (C=O) groups excluding carboxylic acids is 3. The van der Waals surface area contributed by atoms with Crippen molar-refractivity contribution < 1.29 is 33.8 Å². The van der Waals surface area contributed by atoms with Crippen LogP contribution in [0.4, 0.5) is 0 Å². The van der Waals surface area contributed by atoms with E-state index in [-0.39, 0.29) is 18.9 Å². The first-order chi connectivity index (χ1) is 11.9. The predicted octanol–water partition coefficient (Wildman–Crippen LogP) is 0.397. The number of hydrogen-bond donors (Lipinski definition) is 2. The second-order valence-electron chi connectivity index (χ2n) is 4.87. The number of ether oxygens (including phenoxy) is 2. The number of carboxylic acid groups (broad SMARTS) is 1. The molecule has 0 unspecified atom stereocenters. The number of pyridine rings is 1. The average Bonchev–Trinajstić information content (AvgIpc) is 2.58. The van der Waals surface area contributed by atoms with Gasteiger partial charge in [-0.1, -0.05) is 6.07 Å². The first kappa shape index (κ1) is 20.1. The van der Waals surface area contributed by atoms with Crippen molar-refractivity contribution in [2.75, 3.05) is 13.2 Å². The van der Waals surface area contributed by atoms with Crippen LogP contribution in [0.3, 0.4) is 0 Å². The van der Waals surface area contributed by atoms with E-state index in [9.17, 15) is 24.3 Å². The molecule has 0 aliphatic rings. The molecule has 1 heterocycles. The molecule has 0 saturated heterocycles. The quantitative estimate of drug-likeness (QED) is 0.610. The summed E-state index contributed by atoms with van der Waals surface area (Å²) < 4.78 is 9.58. The lowest BCUT2D eigenvalue weighted by molar-refractivity contribution is -0.159. The van der Waals surface area contributed by atoms with Crippen molar-refractivity contribution in [3.8, 4) is 0 Å². The van der Waals surface area contributed by atoms with Crippen LogP contribution in [-0.2, 0) is 23.9 Å². The van der Waals surface area contributed by atoms with Crippen molar-refractivity contribution in [2.45, 2.75) is 26.3 Å². The highest BCUT2D eigenvalue weighted by Crippen LogP contribution is 2.15. The number of rotatable bonds is 9. The van der Waals surface area contributed by atoms with E-state index in [4.69, 9.17) is 9.47 Å². The third-order valence-corrected chi connectivity index (χ3v) is 3.13. The molecule has 0 bridgehead atoms. The third-order valence-electron chi connectivity index (χ3n) is 3.13. The molecule has 0 radical (unpaired) electrons. The summed E-state index contributed by atoms with van der Waals surface area (Å²) >= 11 is 0. The number of hydrogen-bond acceptors (Lipinski definition) is 7. The maximum Gasteiger partial charge on any atom is 0.327 e. The number of esters is 2. The van der Waals surface area contributed by atoms with Gasteiger partial charge in [-0.2, -0.15) is 0 Å². The number of aromatic nitrogens is 1. The zero-order valence-corrected chi connectivity index (χ0v) is 13.9. The van der Waals surface area contributed by atoms with E-state index in [0.29, 0.717) is 0 Å². The van der Waals surface area contributed by atoms with Crippen LogP contribution in [0.25, 0.3) is 0 Å². The van der Waals surface area contributed by atoms with Crippen molar-refractivity contribution in [2.24, 2.45) is 5.92 Å². The highest BCUT2D eigenvalue weighted by molar-refractivity contribution is 5.96. The maximum absolute atomic E-state index is 12.2. The number of nitrogens with one attached hydrogen (secondary N) is 1. The van der Waals surface area contributed by atoms with E-state index in [0.717, 1.165) is 0 Å². The van der Waals surface area contributed by atoms with E-state index in [1.165, 1.54) is 12.3 Å². The van der Waals surface area contributed by atoms with Gasteiger partial charge in [-0.3, -0.25) is 19.4 Å². The summed E-state index contributed by atoms with van der Waals surface area (Å²) in [6.07, 6.45) is 0.832. The Kier molecular flexibility index (Phi) is 8.04. The fourth-order valence-corrected chi connectivity index (χ4v) is 2.03. The van der Waals surface area contributed by atoms with Crippen molar-refractivity contribution in [1.82, 2.24) is 10.3 Å². The summed E-state index contributed by atoms with van der Waals surface area (Å²) in [5.41, 5.74) is -0.0208. The summed E-state index contributed by atoms with van der Waals surface area (Å²) in [6.45, 7) is 3.20. The summed E-state index contributed by atoms with van der Waals surface area (Å²) in [5, 5.41) is 11.6. The lowest BCUT2D eigenvalue weighted by atomic mass is 9.95. The summed E-state index contributed by atoms with van der Waals surface area (Å²) in [7, 11) is 0. The molecule has 0 spiro atoms. The van der Waals surface area contributed by atoms with Crippen LogP contribution in [0.15, 0.2) is 24.4 Å². The molecule has 0 fully saturated rings. The van der Waals surface area contributed by atoms with Crippen LogP contribution < -0.4 is 5.32 Å². The van der Waals surface area contributed by atoms with Gasteiger partial charge in [-0.15, -0.1) is 0 Å². The predicted molar refractivity (Wildman–Crippen MR) is 84.5 cm³/mol. The molecule has 1 aromatic rings. The molecule has 136 valence electrons. The number of nitrogens with zero attached hydrogens (tertiary/aromatic N) is 1.